The molecule has 0 N–H and O–H groups in total. The lowest BCUT2D eigenvalue weighted by molar-refractivity contribution is 0.171. The normalized spacial score (nSPS) is 11.1. The molecule has 2 amide bonds. The molecule has 2 aromatic rings. The lowest BCUT2D eigenvalue weighted by atomic mass is 10.1. The third-order valence-electron chi connectivity index (χ3n) is 4.83. The Kier molecular flexibility index (Phi) is 11.3. The molecule has 0 atom stereocenters. The van der Waals surface area contributed by atoms with Crippen LogP contribution in [0.3, 0.4) is 0 Å². The Morgan fingerprint density at radius 2 is 1.43 bits per heavy atom. The summed E-state index contributed by atoms with van der Waals surface area (Å²) in [6.45, 7) is 0.499. The molecule has 0 bridgehead atoms. The van der Waals surface area contributed by atoms with E-state index in [9.17, 15) is 22.6 Å². The van der Waals surface area contributed by atoms with Crippen molar-refractivity contribution in [1.82, 2.24) is 14.3 Å². The standard InChI is InChI=1S/C23H33N4O4.CH4O4S/c1-24(2)22(28)30-20-11-9-10-18(14-20)26(5)16-17-12-13-19(27(6,7)8)15-21(17)31-23(29)25(3)4;1-5-6(2,3)4/h9-15H,16H2,1-8H3;1H3,(H,2,3,4)/q+1;/p-1. The van der Waals surface area contributed by atoms with Crippen molar-refractivity contribution in [3.05, 3.63) is 48.0 Å². The monoisotopic (exact) mass is 540 g/mol. The van der Waals surface area contributed by atoms with Crippen LogP contribution in [-0.2, 0) is 21.1 Å². The van der Waals surface area contributed by atoms with Crippen molar-refractivity contribution < 1.29 is 36.2 Å². The number of amides is 2. The Balaban J connectivity index is 0.00000102. The van der Waals surface area contributed by atoms with Crippen LogP contribution in [0.5, 0.6) is 11.5 Å². The lowest BCUT2D eigenvalue weighted by Crippen LogP contribution is -2.35. The van der Waals surface area contributed by atoms with Crippen LogP contribution in [0.25, 0.3) is 0 Å². The van der Waals surface area contributed by atoms with Gasteiger partial charge in [-0.1, -0.05) is 6.07 Å². The van der Waals surface area contributed by atoms with Crippen LogP contribution in [0.4, 0.5) is 21.0 Å². The van der Waals surface area contributed by atoms with E-state index in [0.717, 1.165) is 24.0 Å². The molecule has 0 saturated carbocycles. The van der Waals surface area contributed by atoms with Crippen LogP contribution in [-0.4, -0.2) is 98.4 Å². The minimum Gasteiger partial charge on any atom is -0.726 e. The number of anilines is 1. The number of benzene rings is 2. The number of ether oxygens (including phenoxy) is 2. The van der Waals surface area contributed by atoms with Gasteiger partial charge >= 0.3 is 12.2 Å². The SMILES string of the molecule is CN(C)C(=O)Oc1cccc(N(C)Cc2ccc([N+](C)(C)C)cc2OC(=O)N(C)C)c1.COS(=O)(=O)[O-]. The highest BCUT2D eigenvalue weighted by Gasteiger charge is 2.19. The van der Waals surface area contributed by atoms with Crippen molar-refractivity contribution >= 4 is 34.0 Å². The highest BCUT2D eigenvalue weighted by atomic mass is 32.3. The number of hydrogen-bond donors (Lipinski definition) is 0. The molecule has 0 radical (unpaired) electrons. The zero-order valence-corrected chi connectivity index (χ0v) is 23.5. The predicted molar refractivity (Wildman–Crippen MR) is 141 cm³/mol. The predicted octanol–water partition coefficient (Wildman–Crippen LogP) is 2.73. The quantitative estimate of drug-likeness (QED) is 0.296. The fraction of sp³-hybridized carbons (Fsp3) is 0.417. The van der Waals surface area contributed by atoms with Gasteiger partial charge in [0.15, 0.2) is 0 Å². The second-order valence-electron chi connectivity index (χ2n) is 9.26. The molecule has 0 heterocycles. The van der Waals surface area contributed by atoms with Gasteiger partial charge in [-0.3, -0.25) is 8.67 Å². The van der Waals surface area contributed by atoms with Gasteiger partial charge in [0.1, 0.15) is 17.2 Å². The molecule has 12 nitrogen and oxygen atoms in total. The molecule has 0 fully saturated rings. The van der Waals surface area contributed by atoms with E-state index in [1.54, 1.807) is 40.3 Å². The third-order valence-corrected chi connectivity index (χ3v) is 5.24. The first kappa shape index (κ1) is 31.6. The number of nitrogens with zero attached hydrogens (tertiary/aromatic N) is 4. The van der Waals surface area contributed by atoms with Gasteiger partial charge in [0.05, 0.1) is 28.3 Å². The van der Waals surface area contributed by atoms with Crippen molar-refractivity contribution in [3.8, 4) is 11.5 Å². The highest BCUT2D eigenvalue weighted by Crippen LogP contribution is 2.30. The van der Waals surface area contributed by atoms with Crippen LogP contribution in [0.2, 0.25) is 0 Å². The lowest BCUT2D eigenvalue weighted by Gasteiger charge is -2.26. The van der Waals surface area contributed by atoms with Crippen molar-refractivity contribution in [3.63, 3.8) is 0 Å². The van der Waals surface area contributed by atoms with E-state index in [1.165, 1.54) is 9.80 Å². The summed E-state index contributed by atoms with van der Waals surface area (Å²) in [6, 6.07) is 13.2. The van der Waals surface area contributed by atoms with E-state index in [4.69, 9.17) is 9.47 Å². The van der Waals surface area contributed by atoms with Crippen molar-refractivity contribution in [1.29, 1.82) is 0 Å². The molecule has 2 rings (SSSR count). The van der Waals surface area contributed by atoms with Gasteiger partial charge in [0.25, 0.3) is 0 Å². The maximum absolute atomic E-state index is 12.2. The number of hydrogen-bond acceptors (Lipinski definition) is 9. The maximum Gasteiger partial charge on any atom is 0.414 e. The Bertz CT molecular complexity index is 1180. The molecule has 0 saturated heterocycles. The summed E-state index contributed by atoms with van der Waals surface area (Å²) >= 11 is 0. The van der Waals surface area contributed by atoms with E-state index in [2.05, 4.69) is 25.3 Å². The van der Waals surface area contributed by atoms with Gasteiger partial charge < -0.3 is 28.7 Å². The van der Waals surface area contributed by atoms with Crippen LogP contribution < -0.4 is 18.9 Å². The van der Waals surface area contributed by atoms with Crippen LogP contribution in [0.1, 0.15) is 5.56 Å². The fourth-order valence-electron chi connectivity index (χ4n) is 2.69. The fourth-order valence-corrected chi connectivity index (χ4v) is 2.69. The zero-order valence-electron chi connectivity index (χ0n) is 22.7. The van der Waals surface area contributed by atoms with Gasteiger partial charge in [0, 0.05) is 65.2 Å². The molecular formula is C24H36N4O8S. The van der Waals surface area contributed by atoms with Gasteiger partial charge in [-0.25, -0.2) is 18.0 Å². The van der Waals surface area contributed by atoms with E-state index in [-0.39, 0.29) is 0 Å². The van der Waals surface area contributed by atoms with E-state index in [1.807, 2.05) is 42.3 Å². The Hall–Kier alpha value is -3.39. The Morgan fingerprint density at radius 1 is 0.892 bits per heavy atom. The zero-order chi connectivity index (χ0) is 28.6. The average Bonchev–Trinajstić information content (AvgIpc) is 2.79. The molecule has 2 aromatic carbocycles. The van der Waals surface area contributed by atoms with Crippen molar-refractivity contribution in [2.75, 3.05) is 68.4 Å². The summed E-state index contributed by atoms with van der Waals surface area (Å²) in [7, 11) is 11.1. The first-order chi connectivity index (χ1) is 16.9. The number of carbonyl (C=O) groups is 2. The number of quaternary nitrogens is 1. The molecule has 0 spiro atoms. The first-order valence-electron chi connectivity index (χ1n) is 11.0. The topological polar surface area (TPSA) is 129 Å². The van der Waals surface area contributed by atoms with Gasteiger partial charge in [-0.2, -0.15) is 0 Å². The summed E-state index contributed by atoms with van der Waals surface area (Å²) < 4.78 is 42.6. The minimum absolute atomic E-state index is 0.431. The number of carbonyl (C=O) groups excluding carboxylic acids is 2. The summed E-state index contributed by atoms with van der Waals surface area (Å²) in [6.07, 6.45) is -0.867. The van der Waals surface area contributed by atoms with Crippen LogP contribution in [0, 0.1) is 0 Å². The molecular weight excluding hydrogens is 504 g/mol. The second-order valence-corrected chi connectivity index (χ2v) is 10.4. The Labute approximate surface area is 219 Å². The van der Waals surface area contributed by atoms with Crippen LogP contribution in [0.15, 0.2) is 42.5 Å². The van der Waals surface area contributed by atoms with E-state index in [0.29, 0.717) is 22.5 Å². The molecule has 0 aliphatic rings. The summed E-state index contributed by atoms with van der Waals surface area (Å²) in [5, 5.41) is 0. The van der Waals surface area contributed by atoms with Gasteiger partial charge in [-0.15, -0.1) is 0 Å². The average molecular weight is 541 g/mol. The van der Waals surface area contributed by atoms with Gasteiger partial charge in [-0.05, 0) is 24.3 Å². The molecule has 0 unspecified atom stereocenters. The second kappa shape index (κ2) is 13.2. The molecule has 0 aliphatic carbocycles. The molecule has 37 heavy (non-hydrogen) atoms. The van der Waals surface area contributed by atoms with Crippen LogP contribution >= 0.6 is 0 Å². The largest absolute Gasteiger partial charge is 0.726 e. The molecule has 13 heteroatoms. The summed E-state index contributed by atoms with van der Waals surface area (Å²) in [5.74, 6) is 0.981. The maximum atomic E-state index is 12.2. The van der Waals surface area contributed by atoms with Crippen molar-refractivity contribution in [2.45, 2.75) is 6.54 Å². The first-order valence-corrected chi connectivity index (χ1v) is 12.3. The highest BCUT2D eigenvalue weighted by molar-refractivity contribution is 7.80. The Morgan fingerprint density at radius 3 is 1.92 bits per heavy atom. The summed E-state index contributed by atoms with van der Waals surface area (Å²) in [5.41, 5.74) is 2.75. The number of rotatable bonds is 7. The molecule has 0 aliphatic heterocycles. The smallest absolute Gasteiger partial charge is 0.414 e. The molecule has 0 aromatic heterocycles. The van der Waals surface area contributed by atoms with Crippen molar-refractivity contribution in [2.24, 2.45) is 0 Å². The summed E-state index contributed by atoms with van der Waals surface area (Å²) in [4.78, 5) is 28.8. The minimum atomic E-state index is -4.41. The molecule has 206 valence electrons. The van der Waals surface area contributed by atoms with Gasteiger partial charge in [0.2, 0.25) is 10.4 Å². The van der Waals surface area contributed by atoms with E-state index >= 15 is 0 Å². The third kappa shape index (κ3) is 11.0. The van der Waals surface area contributed by atoms with E-state index < -0.39 is 22.6 Å².